The molecule has 1 heterocycles. The lowest BCUT2D eigenvalue weighted by atomic mass is 9.93. The Hall–Kier alpha value is -2.55. The van der Waals surface area contributed by atoms with Gasteiger partial charge in [-0.1, -0.05) is 148 Å². The Labute approximate surface area is 282 Å². The molecule has 0 saturated heterocycles. The number of nitrogens with one attached hydrogen (secondary N) is 1. The third-order valence-electron chi connectivity index (χ3n) is 9.97. The lowest BCUT2D eigenvalue weighted by molar-refractivity contribution is 0.556. The second-order valence-electron chi connectivity index (χ2n) is 14.1. The summed E-state index contributed by atoms with van der Waals surface area (Å²) in [4.78, 5) is 16.4. The van der Waals surface area contributed by atoms with Crippen molar-refractivity contribution in [3.8, 4) is 0 Å². The lowest BCUT2D eigenvalue weighted by Gasteiger charge is -2.16. The molecule has 2 aromatic carbocycles. The number of hydrogen-bond acceptors (Lipinski definition) is 2. The number of aromatic nitrogens is 1. The van der Waals surface area contributed by atoms with Gasteiger partial charge >= 0.3 is 0 Å². The number of anilines is 1. The first-order valence-corrected chi connectivity index (χ1v) is 19.6. The number of aromatic amines is 1. The van der Waals surface area contributed by atoms with E-state index >= 15 is 0 Å². The van der Waals surface area contributed by atoms with Gasteiger partial charge in [0.2, 0.25) is 0 Å². The summed E-state index contributed by atoms with van der Waals surface area (Å²) >= 11 is 0. The first-order valence-electron chi connectivity index (χ1n) is 19.6. The molecule has 1 aromatic heterocycles. The van der Waals surface area contributed by atoms with Gasteiger partial charge in [-0.15, -0.1) is 0 Å². The normalized spacial score (nSPS) is 12.6. The predicted octanol–water partition coefficient (Wildman–Crippen LogP) is 12.6. The molecular formula is C43H68N2O. The molecule has 0 radical (unpaired) electrons. The second-order valence-corrected chi connectivity index (χ2v) is 14.1. The van der Waals surface area contributed by atoms with Gasteiger partial charge in [0, 0.05) is 27.8 Å². The van der Waals surface area contributed by atoms with Gasteiger partial charge in [0.1, 0.15) is 0 Å². The molecule has 1 aliphatic carbocycles. The summed E-state index contributed by atoms with van der Waals surface area (Å²) in [6, 6.07) is 14.8. The number of aryl methyl sites for hydroxylation is 3. The number of fused-ring (bicyclic) bond motifs is 2. The minimum Gasteiger partial charge on any atom is -0.399 e. The number of benzene rings is 2. The van der Waals surface area contributed by atoms with Crippen molar-refractivity contribution in [1.29, 1.82) is 0 Å². The van der Waals surface area contributed by atoms with E-state index in [1.807, 2.05) is 12.1 Å². The van der Waals surface area contributed by atoms with E-state index in [0.29, 0.717) is 0 Å². The molecule has 3 nitrogen and oxygen atoms in total. The van der Waals surface area contributed by atoms with Gasteiger partial charge in [0.15, 0.2) is 5.43 Å². The van der Waals surface area contributed by atoms with Crippen molar-refractivity contribution >= 4 is 16.6 Å². The minimum absolute atomic E-state index is 0.281. The maximum Gasteiger partial charge on any atom is 0.192 e. The van der Waals surface area contributed by atoms with Crippen LogP contribution in [0, 0.1) is 0 Å². The zero-order valence-corrected chi connectivity index (χ0v) is 29.9. The first kappa shape index (κ1) is 37.9. The number of hydrogen-bond donors (Lipinski definition) is 2. The lowest BCUT2D eigenvalue weighted by Crippen LogP contribution is -2.18. The van der Waals surface area contributed by atoms with Crippen LogP contribution >= 0.6 is 0 Å². The highest BCUT2D eigenvalue weighted by molar-refractivity contribution is 5.80. The van der Waals surface area contributed by atoms with Crippen LogP contribution < -0.4 is 11.2 Å². The van der Waals surface area contributed by atoms with Crippen molar-refractivity contribution in [3.63, 3.8) is 0 Å². The molecule has 0 aliphatic heterocycles. The number of H-pyrrole nitrogens is 1. The Kier molecular flexibility index (Phi) is 19.5. The van der Waals surface area contributed by atoms with E-state index in [9.17, 15) is 4.79 Å². The van der Waals surface area contributed by atoms with Crippen LogP contribution in [0.15, 0.2) is 47.3 Å². The fourth-order valence-corrected chi connectivity index (χ4v) is 6.98. The van der Waals surface area contributed by atoms with Gasteiger partial charge in [-0.25, -0.2) is 0 Å². The predicted molar refractivity (Wildman–Crippen MR) is 203 cm³/mol. The molecule has 4 rings (SSSR count). The highest BCUT2D eigenvalue weighted by Gasteiger charge is 2.15. The SMILES string of the molecule is CCCCCCCCCCCCc1ccc(N)cc1.CCCCCCCCCCCCc1ccc2[nH]c3c(c(=O)c2c1)CCCC3. The third-order valence-corrected chi connectivity index (χ3v) is 9.97. The summed E-state index contributed by atoms with van der Waals surface area (Å²) in [5, 5.41) is 0.903. The number of nitrogen functional groups attached to an aromatic ring is 1. The van der Waals surface area contributed by atoms with Gasteiger partial charge in [-0.3, -0.25) is 4.79 Å². The molecule has 3 heteroatoms. The monoisotopic (exact) mass is 629 g/mol. The van der Waals surface area contributed by atoms with E-state index in [2.05, 4.69) is 49.2 Å². The molecule has 0 spiro atoms. The zero-order valence-electron chi connectivity index (χ0n) is 29.9. The Bertz CT molecular complexity index is 1260. The molecule has 0 bridgehead atoms. The highest BCUT2D eigenvalue weighted by Crippen LogP contribution is 2.22. The van der Waals surface area contributed by atoms with E-state index in [1.165, 1.54) is 158 Å². The summed E-state index contributed by atoms with van der Waals surface area (Å²) in [6.07, 6.45) is 34.4. The van der Waals surface area contributed by atoms with Crippen LogP contribution in [-0.2, 0) is 25.7 Å². The summed E-state index contributed by atoms with van der Waals surface area (Å²) in [5.74, 6) is 0. The molecule has 46 heavy (non-hydrogen) atoms. The fraction of sp³-hybridized carbons (Fsp3) is 0.651. The van der Waals surface area contributed by atoms with Crippen LogP contribution in [0.3, 0.4) is 0 Å². The molecule has 1 aliphatic rings. The van der Waals surface area contributed by atoms with Gasteiger partial charge < -0.3 is 10.7 Å². The molecular weight excluding hydrogens is 560 g/mol. The standard InChI is InChI=1S/C25H37NO.C18H31N/c1-2-3-4-5-6-7-8-9-10-11-14-20-17-18-24-22(19-20)25(27)21-15-12-13-16-23(21)26-24;1-2-3-4-5-6-7-8-9-10-11-12-17-13-15-18(19)16-14-17/h17-19H,2-16H2,1H3,(H,26,27);13-16H,2-12,19H2,1H3. The van der Waals surface area contributed by atoms with Gasteiger partial charge in [-0.2, -0.15) is 0 Å². The summed E-state index contributed by atoms with van der Waals surface area (Å²) < 4.78 is 0. The largest absolute Gasteiger partial charge is 0.399 e. The van der Waals surface area contributed by atoms with E-state index in [-0.39, 0.29) is 5.43 Å². The van der Waals surface area contributed by atoms with Crippen molar-refractivity contribution in [1.82, 2.24) is 4.98 Å². The van der Waals surface area contributed by atoms with Crippen molar-refractivity contribution in [3.05, 3.63) is 75.1 Å². The van der Waals surface area contributed by atoms with E-state index < -0.39 is 0 Å². The molecule has 0 amide bonds. The number of unbranched alkanes of at least 4 members (excludes halogenated alkanes) is 18. The zero-order chi connectivity index (χ0) is 32.7. The van der Waals surface area contributed by atoms with Crippen LogP contribution in [-0.4, -0.2) is 4.98 Å². The van der Waals surface area contributed by atoms with E-state index in [1.54, 1.807) is 0 Å². The summed E-state index contributed by atoms with van der Waals surface area (Å²) in [7, 11) is 0. The Balaban J connectivity index is 0.000000268. The maximum absolute atomic E-state index is 12.8. The summed E-state index contributed by atoms with van der Waals surface area (Å²) in [6.45, 7) is 4.56. The van der Waals surface area contributed by atoms with Crippen LogP contribution in [0.25, 0.3) is 10.9 Å². The van der Waals surface area contributed by atoms with E-state index in [4.69, 9.17) is 5.73 Å². The van der Waals surface area contributed by atoms with Gasteiger partial charge in [0.25, 0.3) is 0 Å². The molecule has 256 valence electrons. The fourth-order valence-electron chi connectivity index (χ4n) is 6.98. The molecule has 3 N–H and O–H groups in total. The molecule has 0 saturated carbocycles. The third kappa shape index (κ3) is 14.9. The molecule has 0 unspecified atom stereocenters. The van der Waals surface area contributed by atoms with Gasteiger partial charge in [0.05, 0.1) is 0 Å². The minimum atomic E-state index is 0.281. The number of nitrogens with two attached hydrogens (primary N) is 1. The van der Waals surface area contributed by atoms with Crippen LogP contribution in [0.4, 0.5) is 5.69 Å². The average Bonchev–Trinajstić information content (AvgIpc) is 3.08. The average molecular weight is 629 g/mol. The van der Waals surface area contributed by atoms with Crippen LogP contribution in [0.1, 0.15) is 177 Å². The first-order chi connectivity index (χ1) is 22.6. The van der Waals surface area contributed by atoms with Crippen molar-refractivity contribution in [2.24, 2.45) is 0 Å². The second kappa shape index (κ2) is 23.7. The maximum atomic E-state index is 12.8. The van der Waals surface area contributed by atoms with Crippen molar-refractivity contribution in [2.45, 2.75) is 181 Å². The quantitative estimate of drug-likeness (QED) is 0.0859. The Morgan fingerprint density at radius 1 is 0.565 bits per heavy atom. The van der Waals surface area contributed by atoms with Crippen LogP contribution in [0.5, 0.6) is 0 Å². The molecule has 0 fully saturated rings. The van der Waals surface area contributed by atoms with E-state index in [0.717, 1.165) is 47.8 Å². The number of pyridine rings is 1. The topological polar surface area (TPSA) is 58.9 Å². The Morgan fingerprint density at radius 3 is 1.57 bits per heavy atom. The van der Waals surface area contributed by atoms with Crippen molar-refractivity contribution in [2.75, 3.05) is 5.73 Å². The van der Waals surface area contributed by atoms with Crippen molar-refractivity contribution < 1.29 is 0 Å². The smallest absolute Gasteiger partial charge is 0.192 e. The Morgan fingerprint density at radius 2 is 1.02 bits per heavy atom. The molecule has 0 atom stereocenters. The highest BCUT2D eigenvalue weighted by atomic mass is 16.1. The summed E-state index contributed by atoms with van der Waals surface area (Å²) in [5.41, 5.74) is 12.8. The number of rotatable bonds is 22. The van der Waals surface area contributed by atoms with Crippen LogP contribution in [0.2, 0.25) is 0 Å². The van der Waals surface area contributed by atoms with Gasteiger partial charge in [-0.05, 0) is 86.8 Å². The molecule has 3 aromatic rings.